The lowest BCUT2D eigenvalue weighted by molar-refractivity contribution is -0.117. The van der Waals surface area contributed by atoms with Gasteiger partial charge in [0.25, 0.3) is 5.91 Å². The average molecular weight is 475 g/mol. The van der Waals surface area contributed by atoms with Crippen LogP contribution in [0.3, 0.4) is 0 Å². The van der Waals surface area contributed by atoms with Crippen molar-refractivity contribution < 1.29 is 14.0 Å². The Morgan fingerprint density at radius 1 is 0.971 bits per heavy atom. The average Bonchev–Trinajstić information content (AvgIpc) is 3.48. The molecule has 0 unspecified atom stereocenters. The summed E-state index contributed by atoms with van der Waals surface area (Å²) in [6.07, 6.45) is 1.62. The van der Waals surface area contributed by atoms with Gasteiger partial charge in [-0.05, 0) is 35.2 Å². The lowest BCUT2D eigenvalue weighted by atomic mass is 9.87. The second-order valence-electron chi connectivity index (χ2n) is 8.83. The fourth-order valence-corrected chi connectivity index (χ4v) is 4.12. The minimum Gasteiger partial charge on any atom is -0.467 e. The first-order chi connectivity index (χ1) is 16.3. The molecule has 34 heavy (non-hydrogen) atoms. The highest BCUT2D eigenvalue weighted by Gasteiger charge is 2.19. The van der Waals surface area contributed by atoms with Crippen molar-refractivity contribution in [3.05, 3.63) is 89.9 Å². The molecule has 0 aliphatic rings. The number of furan rings is 1. The van der Waals surface area contributed by atoms with Crippen molar-refractivity contribution in [2.45, 2.75) is 37.9 Å². The summed E-state index contributed by atoms with van der Waals surface area (Å²) in [6, 6.07) is 20.6. The van der Waals surface area contributed by atoms with Gasteiger partial charge in [0.05, 0.1) is 18.6 Å². The van der Waals surface area contributed by atoms with E-state index in [4.69, 9.17) is 4.42 Å². The van der Waals surface area contributed by atoms with Crippen molar-refractivity contribution >= 4 is 23.6 Å². The summed E-state index contributed by atoms with van der Waals surface area (Å²) >= 11 is 1.22. The van der Waals surface area contributed by atoms with E-state index in [0.29, 0.717) is 23.1 Å². The van der Waals surface area contributed by atoms with Gasteiger partial charge in [-0.3, -0.25) is 19.5 Å². The first-order valence-corrected chi connectivity index (χ1v) is 11.9. The zero-order valence-corrected chi connectivity index (χ0v) is 20.1. The molecular weight excluding hydrogens is 448 g/mol. The smallest absolute Gasteiger partial charge is 0.257 e. The standard InChI is InChI=1S/C26H26N4O3S/c1-26(2,3)20-13-11-18(12-14-20)23-28-29-25(30(23)16-21-10-7-15-33-21)34-17-22(31)27-24(32)19-8-5-4-6-9-19/h4-15H,16-17H2,1-3H3,(H,27,31,32). The number of nitrogens with one attached hydrogen (secondary N) is 1. The monoisotopic (exact) mass is 474 g/mol. The first kappa shape index (κ1) is 23.5. The van der Waals surface area contributed by atoms with Crippen LogP contribution in [0.15, 0.2) is 82.6 Å². The third kappa shape index (κ3) is 5.63. The Labute approximate surface area is 202 Å². The van der Waals surface area contributed by atoms with Gasteiger partial charge in [0.2, 0.25) is 5.91 Å². The van der Waals surface area contributed by atoms with Crippen LogP contribution in [0.4, 0.5) is 0 Å². The number of thioether (sulfide) groups is 1. The molecule has 8 heteroatoms. The van der Waals surface area contributed by atoms with Crippen LogP contribution in [0.5, 0.6) is 0 Å². The molecule has 0 atom stereocenters. The summed E-state index contributed by atoms with van der Waals surface area (Å²) in [5.41, 5.74) is 2.62. The van der Waals surface area contributed by atoms with Gasteiger partial charge < -0.3 is 4.42 Å². The van der Waals surface area contributed by atoms with E-state index in [2.05, 4.69) is 48.4 Å². The fourth-order valence-electron chi connectivity index (χ4n) is 3.38. The van der Waals surface area contributed by atoms with Crippen LogP contribution in [-0.2, 0) is 16.8 Å². The third-order valence-corrected chi connectivity index (χ3v) is 6.21. The van der Waals surface area contributed by atoms with Crippen LogP contribution < -0.4 is 5.32 Å². The molecule has 1 N–H and O–H groups in total. The Bertz CT molecular complexity index is 1260. The Morgan fingerprint density at radius 2 is 1.71 bits per heavy atom. The second-order valence-corrected chi connectivity index (χ2v) is 9.77. The van der Waals surface area contributed by atoms with Gasteiger partial charge in [-0.15, -0.1) is 10.2 Å². The molecule has 4 rings (SSSR count). The SMILES string of the molecule is CC(C)(C)c1ccc(-c2nnc(SCC(=O)NC(=O)c3ccccc3)n2Cc2ccco2)cc1. The van der Waals surface area contributed by atoms with E-state index in [1.54, 1.807) is 30.5 Å². The number of hydrogen-bond donors (Lipinski definition) is 1. The Balaban J connectivity index is 1.52. The predicted molar refractivity (Wildman–Crippen MR) is 132 cm³/mol. The van der Waals surface area contributed by atoms with Crippen LogP contribution >= 0.6 is 11.8 Å². The highest BCUT2D eigenvalue weighted by Crippen LogP contribution is 2.28. The molecule has 0 saturated heterocycles. The summed E-state index contributed by atoms with van der Waals surface area (Å²) in [6.45, 7) is 6.93. The van der Waals surface area contributed by atoms with Gasteiger partial charge >= 0.3 is 0 Å². The predicted octanol–water partition coefficient (Wildman–Crippen LogP) is 4.93. The van der Waals surface area contributed by atoms with Gasteiger partial charge in [0.1, 0.15) is 5.76 Å². The second kappa shape index (κ2) is 10.1. The topological polar surface area (TPSA) is 90.0 Å². The lowest BCUT2D eigenvalue weighted by Gasteiger charge is -2.19. The molecule has 0 fully saturated rings. The normalized spacial score (nSPS) is 11.4. The molecule has 7 nitrogen and oxygen atoms in total. The summed E-state index contributed by atoms with van der Waals surface area (Å²) in [5.74, 6) is 0.626. The fraction of sp³-hybridized carbons (Fsp3) is 0.231. The maximum atomic E-state index is 12.4. The number of amides is 2. The van der Waals surface area contributed by atoms with Crippen LogP contribution in [0, 0.1) is 0 Å². The highest BCUT2D eigenvalue weighted by molar-refractivity contribution is 7.99. The van der Waals surface area contributed by atoms with Crippen LogP contribution in [-0.4, -0.2) is 32.3 Å². The largest absolute Gasteiger partial charge is 0.467 e. The molecule has 2 amide bonds. The van der Waals surface area contributed by atoms with Crippen molar-refractivity contribution in [3.63, 3.8) is 0 Å². The van der Waals surface area contributed by atoms with E-state index in [1.165, 1.54) is 17.3 Å². The Kier molecular flexibility index (Phi) is 6.98. The van der Waals surface area contributed by atoms with Crippen molar-refractivity contribution in [1.29, 1.82) is 0 Å². The molecule has 174 valence electrons. The van der Waals surface area contributed by atoms with Crippen molar-refractivity contribution in [1.82, 2.24) is 20.1 Å². The molecule has 0 bridgehead atoms. The number of rotatable bonds is 7. The number of benzene rings is 2. The molecular formula is C26H26N4O3S. The number of nitrogens with zero attached hydrogens (tertiary/aromatic N) is 3. The van der Waals surface area contributed by atoms with Gasteiger partial charge in [0.15, 0.2) is 11.0 Å². The Hall–Kier alpha value is -3.65. The number of carbonyl (C=O) groups excluding carboxylic acids is 2. The highest BCUT2D eigenvalue weighted by atomic mass is 32.2. The summed E-state index contributed by atoms with van der Waals surface area (Å²) in [4.78, 5) is 24.7. The lowest BCUT2D eigenvalue weighted by Crippen LogP contribution is -2.31. The van der Waals surface area contributed by atoms with E-state index in [1.807, 2.05) is 34.9 Å². The van der Waals surface area contributed by atoms with E-state index >= 15 is 0 Å². The van der Waals surface area contributed by atoms with E-state index < -0.39 is 11.8 Å². The minimum atomic E-state index is -0.428. The zero-order chi connectivity index (χ0) is 24.1. The van der Waals surface area contributed by atoms with Crippen LogP contribution in [0.2, 0.25) is 0 Å². The number of carbonyl (C=O) groups is 2. The number of hydrogen-bond acceptors (Lipinski definition) is 6. The van der Waals surface area contributed by atoms with Gasteiger partial charge in [-0.2, -0.15) is 0 Å². The molecule has 0 radical (unpaired) electrons. The number of aromatic nitrogens is 3. The summed E-state index contributed by atoms with van der Waals surface area (Å²) < 4.78 is 7.45. The molecule has 0 aliphatic heterocycles. The van der Waals surface area contributed by atoms with Gasteiger partial charge in [-0.25, -0.2) is 0 Å². The zero-order valence-electron chi connectivity index (χ0n) is 19.3. The van der Waals surface area contributed by atoms with Gasteiger partial charge in [0, 0.05) is 11.1 Å². The molecule has 0 saturated carbocycles. The Morgan fingerprint density at radius 3 is 2.35 bits per heavy atom. The van der Waals surface area contributed by atoms with E-state index in [-0.39, 0.29) is 11.2 Å². The maximum Gasteiger partial charge on any atom is 0.257 e. The third-order valence-electron chi connectivity index (χ3n) is 5.24. The first-order valence-electron chi connectivity index (χ1n) is 10.9. The van der Waals surface area contributed by atoms with Gasteiger partial charge in [-0.1, -0.05) is 75.0 Å². The molecule has 0 spiro atoms. The van der Waals surface area contributed by atoms with Crippen LogP contribution in [0.25, 0.3) is 11.4 Å². The molecule has 0 aliphatic carbocycles. The van der Waals surface area contributed by atoms with Crippen LogP contribution in [0.1, 0.15) is 42.5 Å². The van der Waals surface area contributed by atoms with Crippen molar-refractivity contribution in [2.75, 3.05) is 5.75 Å². The summed E-state index contributed by atoms with van der Waals surface area (Å²) in [7, 11) is 0. The molecule has 2 aromatic heterocycles. The van der Waals surface area contributed by atoms with E-state index in [9.17, 15) is 9.59 Å². The number of imide groups is 1. The van der Waals surface area contributed by atoms with Crippen molar-refractivity contribution in [2.24, 2.45) is 0 Å². The summed E-state index contributed by atoms with van der Waals surface area (Å²) in [5, 5.41) is 11.7. The molecule has 4 aromatic rings. The molecule has 2 heterocycles. The maximum absolute atomic E-state index is 12.4. The quantitative estimate of drug-likeness (QED) is 0.382. The molecule has 2 aromatic carbocycles. The van der Waals surface area contributed by atoms with E-state index in [0.717, 1.165) is 11.3 Å². The minimum absolute atomic E-state index is 0.0256. The van der Waals surface area contributed by atoms with Crippen molar-refractivity contribution in [3.8, 4) is 11.4 Å².